The number of pyridine rings is 1. The third-order valence-corrected chi connectivity index (χ3v) is 6.49. The maximum absolute atomic E-state index is 14.1. The van der Waals surface area contributed by atoms with Crippen molar-refractivity contribution in [1.82, 2.24) is 4.40 Å². The smallest absolute Gasteiger partial charge is 0.210 e. The van der Waals surface area contributed by atoms with Crippen LogP contribution in [0.3, 0.4) is 0 Å². The molecule has 0 atom stereocenters. The van der Waals surface area contributed by atoms with Gasteiger partial charge in [0.1, 0.15) is 11.4 Å². The van der Waals surface area contributed by atoms with Crippen molar-refractivity contribution >= 4 is 22.9 Å². The van der Waals surface area contributed by atoms with Gasteiger partial charge in [0.25, 0.3) is 0 Å². The van der Waals surface area contributed by atoms with Crippen LogP contribution in [0.25, 0.3) is 5.52 Å². The number of fused-ring (bicyclic) bond motifs is 1. The molecule has 37 heavy (non-hydrogen) atoms. The Morgan fingerprint density at radius 2 is 1.08 bits per heavy atom. The second-order valence-electron chi connectivity index (χ2n) is 9.00. The molecular weight excluding hydrogens is 462 g/mol. The average Bonchev–Trinajstić information content (AvgIpc) is 3.28. The van der Waals surface area contributed by atoms with Gasteiger partial charge in [-0.2, -0.15) is 0 Å². The first-order valence-corrected chi connectivity index (χ1v) is 11.9. The van der Waals surface area contributed by atoms with Gasteiger partial charge in [-0.1, -0.05) is 65.7 Å². The fourth-order valence-electron chi connectivity index (χ4n) is 4.46. The summed E-state index contributed by atoms with van der Waals surface area (Å²) in [6.07, 6.45) is 1.72. The summed E-state index contributed by atoms with van der Waals surface area (Å²) in [5.74, 6) is -0.452. The second kappa shape index (κ2) is 9.70. The van der Waals surface area contributed by atoms with Crippen molar-refractivity contribution in [2.45, 2.75) is 13.8 Å². The van der Waals surface area contributed by atoms with Gasteiger partial charge in [-0.05, 0) is 50.2 Å². The van der Waals surface area contributed by atoms with Gasteiger partial charge in [-0.15, -0.1) is 0 Å². The Morgan fingerprint density at radius 1 is 0.595 bits per heavy atom. The Labute approximate surface area is 215 Å². The number of aromatic nitrogens is 1. The number of rotatable bonds is 7. The van der Waals surface area contributed by atoms with E-state index in [9.17, 15) is 14.4 Å². The van der Waals surface area contributed by atoms with Crippen molar-refractivity contribution < 1.29 is 19.1 Å². The summed E-state index contributed by atoms with van der Waals surface area (Å²) >= 11 is 0. The maximum Gasteiger partial charge on any atom is 0.210 e. The molecule has 3 aromatic carbocycles. The minimum absolute atomic E-state index is 0.0903. The quantitative estimate of drug-likeness (QED) is 0.254. The Balaban J connectivity index is 1.80. The molecule has 0 aliphatic carbocycles. The highest BCUT2D eigenvalue weighted by Crippen LogP contribution is 2.31. The summed E-state index contributed by atoms with van der Waals surface area (Å²) in [5.41, 5.74) is 4.23. The van der Waals surface area contributed by atoms with Crippen LogP contribution in [-0.4, -0.2) is 28.9 Å². The number of ether oxygens (including phenoxy) is 1. The molecule has 0 bridgehead atoms. The number of aryl methyl sites for hydroxylation is 2. The fourth-order valence-corrected chi connectivity index (χ4v) is 4.46. The zero-order valence-corrected chi connectivity index (χ0v) is 20.8. The number of carbonyl (C=O) groups is 3. The van der Waals surface area contributed by atoms with E-state index in [2.05, 4.69) is 0 Å². The van der Waals surface area contributed by atoms with Crippen molar-refractivity contribution in [2.75, 3.05) is 7.11 Å². The predicted molar refractivity (Wildman–Crippen MR) is 143 cm³/mol. The molecule has 5 heteroatoms. The molecule has 0 spiro atoms. The predicted octanol–water partition coefficient (Wildman–Crippen LogP) is 6.26. The van der Waals surface area contributed by atoms with Gasteiger partial charge in [0.15, 0.2) is 11.6 Å². The Kier molecular flexibility index (Phi) is 6.28. The maximum atomic E-state index is 14.1. The minimum atomic E-state index is -0.405. The lowest BCUT2D eigenvalue weighted by molar-refractivity contribution is 0.0991. The third kappa shape index (κ3) is 4.36. The molecule has 2 heterocycles. The Morgan fingerprint density at radius 3 is 1.62 bits per heavy atom. The van der Waals surface area contributed by atoms with Crippen LogP contribution in [0.5, 0.6) is 5.75 Å². The molecular formula is C32H25NO4. The number of benzene rings is 3. The van der Waals surface area contributed by atoms with E-state index >= 15 is 0 Å². The number of nitrogens with zero attached hydrogens (tertiary/aromatic N) is 1. The van der Waals surface area contributed by atoms with Gasteiger partial charge >= 0.3 is 0 Å². The van der Waals surface area contributed by atoms with E-state index in [1.165, 1.54) is 0 Å². The zero-order chi connectivity index (χ0) is 26.1. The van der Waals surface area contributed by atoms with Gasteiger partial charge in [0.05, 0.1) is 23.8 Å². The van der Waals surface area contributed by atoms with Crippen LogP contribution in [0, 0.1) is 13.8 Å². The molecule has 0 saturated heterocycles. The largest absolute Gasteiger partial charge is 0.497 e. The standard InChI is InChI=1S/C32H25NO4/c1-20-7-11-22(12-8-20)30(34)27-26-6-4-5-19-33(26)29(32(36)24-13-9-21(2)10-14-24)28(27)31(35)23-15-17-25(37-3)18-16-23/h4-19H,1-3H3. The lowest BCUT2D eigenvalue weighted by Gasteiger charge is -2.09. The summed E-state index contributed by atoms with van der Waals surface area (Å²) in [6.45, 7) is 3.89. The van der Waals surface area contributed by atoms with Crippen LogP contribution in [0.15, 0.2) is 97.2 Å². The highest BCUT2D eigenvalue weighted by molar-refractivity contribution is 6.28. The topological polar surface area (TPSA) is 64.8 Å². The van der Waals surface area contributed by atoms with Gasteiger partial charge in [-0.25, -0.2) is 0 Å². The summed E-state index contributed by atoms with van der Waals surface area (Å²) in [4.78, 5) is 42.0. The molecule has 0 amide bonds. The molecule has 5 rings (SSSR count). The molecule has 0 aliphatic rings. The first kappa shape index (κ1) is 23.9. The first-order chi connectivity index (χ1) is 17.9. The Hall–Kier alpha value is -4.77. The highest BCUT2D eigenvalue weighted by Gasteiger charge is 2.32. The van der Waals surface area contributed by atoms with E-state index in [0.29, 0.717) is 28.0 Å². The van der Waals surface area contributed by atoms with Crippen LogP contribution in [-0.2, 0) is 0 Å². The van der Waals surface area contributed by atoms with Crippen molar-refractivity contribution in [3.8, 4) is 5.75 Å². The van der Waals surface area contributed by atoms with E-state index in [1.807, 2.05) is 38.1 Å². The van der Waals surface area contributed by atoms with E-state index in [4.69, 9.17) is 4.74 Å². The molecule has 0 aliphatic heterocycles. The van der Waals surface area contributed by atoms with Gasteiger partial charge in [-0.3, -0.25) is 14.4 Å². The SMILES string of the molecule is COc1ccc(C(=O)c2c(C(=O)c3ccc(C)cc3)c3ccccn3c2C(=O)c2ccc(C)cc2)cc1. The van der Waals surface area contributed by atoms with Crippen molar-refractivity contribution in [2.24, 2.45) is 0 Å². The van der Waals surface area contributed by atoms with Gasteiger partial charge in [0.2, 0.25) is 5.78 Å². The lowest BCUT2D eigenvalue weighted by Crippen LogP contribution is -2.15. The van der Waals surface area contributed by atoms with Crippen molar-refractivity contribution in [3.63, 3.8) is 0 Å². The molecule has 0 N–H and O–H groups in total. The van der Waals surface area contributed by atoms with E-state index in [-0.39, 0.29) is 28.4 Å². The van der Waals surface area contributed by atoms with Crippen LogP contribution in [0.2, 0.25) is 0 Å². The van der Waals surface area contributed by atoms with E-state index < -0.39 is 5.78 Å². The number of carbonyl (C=O) groups excluding carboxylic acids is 3. The van der Waals surface area contributed by atoms with Crippen molar-refractivity contribution in [1.29, 1.82) is 0 Å². The van der Waals surface area contributed by atoms with E-state index in [0.717, 1.165) is 11.1 Å². The number of hydrogen-bond acceptors (Lipinski definition) is 4. The molecule has 0 radical (unpaired) electrons. The van der Waals surface area contributed by atoms with Crippen LogP contribution < -0.4 is 4.74 Å². The summed E-state index contributed by atoms with van der Waals surface area (Å²) in [5, 5.41) is 0. The third-order valence-electron chi connectivity index (χ3n) is 6.49. The summed E-state index contributed by atoms with van der Waals surface area (Å²) in [7, 11) is 1.55. The Bertz CT molecular complexity index is 1550. The molecule has 0 unspecified atom stereocenters. The zero-order valence-electron chi connectivity index (χ0n) is 20.8. The lowest BCUT2D eigenvalue weighted by atomic mass is 9.91. The second-order valence-corrected chi connectivity index (χ2v) is 9.00. The van der Waals surface area contributed by atoms with Crippen LogP contribution in [0.1, 0.15) is 59.0 Å². The number of ketones is 3. The molecule has 182 valence electrons. The molecule has 5 aromatic rings. The van der Waals surface area contributed by atoms with Gasteiger partial charge in [0, 0.05) is 22.9 Å². The van der Waals surface area contributed by atoms with Crippen LogP contribution in [0.4, 0.5) is 0 Å². The van der Waals surface area contributed by atoms with E-state index in [1.54, 1.807) is 84.4 Å². The van der Waals surface area contributed by atoms with Crippen molar-refractivity contribution in [3.05, 3.63) is 142 Å². The first-order valence-electron chi connectivity index (χ1n) is 11.9. The molecule has 5 nitrogen and oxygen atoms in total. The molecule has 2 aromatic heterocycles. The van der Waals surface area contributed by atoms with Gasteiger partial charge < -0.3 is 9.14 Å². The summed E-state index contributed by atoms with van der Waals surface area (Å²) in [6, 6.07) is 26.4. The normalized spacial score (nSPS) is 10.9. The fraction of sp³-hybridized carbons (Fsp3) is 0.0938. The monoisotopic (exact) mass is 487 g/mol. The van der Waals surface area contributed by atoms with Crippen LogP contribution >= 0.6 is 0 Å². The number of methoxy groups -OCH3 is 1. The molecule has 0 saturated carbocycles. The average molecular weight is 488 g/mol. The number of hydrogen-bond donors (Lipinski definition) is 0. The summed E-state index contributed by atoms with van der Waals surface area (Å²) < 4.78 is 6.89. The molecule has 0 fully saturated rings. The highest BCUT2D eigenvalue weighted by atomic mass is 16.5. The minimum Gasteiger partial charge on any atom is -0.497 e.